The second-order valence-corrected chi connectivity index (χ2v) is 6.47. The summed E-state index contributed by atoms with van der Waals surface area (Å²) in [6.45, 7) is 5.93. The predicted octanol–water partition coefficient (Wildman–Crippen LogP) is 5.46. The van der Waals surface area contributed by atoms with Crippen LogP contribution in [-0.2, 0) is 15.9 Å². The van der Waals surface area contributed by atoms with Crippen LogP contribution in [0, 0.1) is 0 Å². The predicted molar refractivity (Wildman–Crippen MR) is 92.2 cm³/mol. The lowest BCUT2D eigenvalue weighted by Gasteiger charge is -2.30. The minimum atomic E-state index is 0.118. The largest absolute Gasteiger partial charge is 0.373 e. The first-order chi connectivity index (χ1) is 10.8. The maximum atomic E-state index is 6.02. The van der Waals surface area contributed by atoms with Crippen LogP contribution in [0.5, 0.6) is 0 Å². The van der Waals surface area contributed by atoms with Crippen molar-refractivity contribution < 1.29 is 9.47 Å². The first kappa shape index (κ1) is 17.5. The molecule has 1 fully saturated rings. The molecule has 0 aliphatic carbocycles. The molecule has 2 nitrogen and oxygen atoms in total. The van der Waals surface area contributed by atoms with Crippen molar-refractivity contribution in [2.45, 2.75) is 77.4 Å². The SMILES string of the molecule is CCCCCc1ccc([C@@H]2CO[C@@H](CCCCC)CO2)cc1. The van der Waals surface area contributed by atoms with Crippen molar-refractivity contribution in [1.29, 1.82) is 0 Å². The van der Waals surface area contributed by atoms with E-state index in [1.54, 1.807) is 0 Å². The highest BCUT2D eigenvalue weighted by Gasteiger charge is 2.23. The van der Waals surface area contributed by atoms with E-state index in [9.17, 15) is 0 Å². The molecule has 1 aromatic rings. The minimum Gasteiger partial charge on any atom is -0.373 e. The molecule has 124 valence electrons. The number of unbranched alkanes of at least 4 members (excludes halogenated alkanes) is 4. The van der Waals surface area contributed by atoms with E-state index in [1.807, 2.05) is 0 Å². The highest BCUT2D eigenvalue weighted by molar-refractivity contribution is 5.24. The monoisotopic (exact) mass is 304 g/mol. The van der Waals surface area contributed by atoms with Gasteiger partial charge in [-0.05, 0) is 30.4 Å². The third kappa shape index (κ3) is 5.73. The van der Waals surface area contributed by atoms with E-state index in [1.165, 1.54) is 56.1 Å². The molecule has 0 bridgehead atoms. The summed E-state index contributed by atoms with van der Waals surface area (Å²) in [5, 5.41) is 0. The molecule has 1 aromatic carbocycles. The van der Waals surface area contributed by atoms with Gasteiger partial charge in [-0.15, -0.1) is 0 Å². The van der Waals surface area contributed by atoms with Crippen LogP contribution in [0.25, 0.3) is 0 Å². The van der Waals surface area contributed by atoms with E-state index in [4.69, 9.17) is 9.47 Å². The lowest BCUT2D eigenvalue weighted by atomic mass is 10.0. The average Bonchev–Trinajstić information content (AvgIpc) is 2.57. The van der Waals surface area contributed by atoms with Gasteiger partial charge in [-0.2, -0.15) is 0 Å². The first-order valence-electron chi connectivity index (χ1n) is 9.15. The molecule has 0 saturated carbocycles. The lowest BCUT2D eigenvalue weighted by molar-refractivity contribution is -0.137. The molecule has 2 atom stereocenters. The number of ether oxygens (including phenoxy) is 2. The number of rotatable bonds is 9. The molecule has 22 heavy (non-hydrogen) atoms. The second kappa shape index (κ2) is 10.0. The maximum absolute atomic E-state index is 6.02. The fraction of sp³-hybridized carbons (Fsp3) is 0.700. The molecule has 0 unspecified atom stereocenters. The Kier molecular flexibility index (Phi) is 7.96. The van der Waals surface area contributed by atoms with Gasteiger partial charge in [-0.25, -0.2) is 0 Å². The van der Waals surface area contributed by atoms with Gasteiger partial charge in [0.25, 0.3) is 0 Å². The summed E-state index contributed by atoms with van der Waals surface area (Å²) in [5.74, 6) is 0. The van der Waals surface area contributed by atoms with Crippen LogP contribution < -0.4 is 0 Å². The topological polar surface area (TPSA) is 18.5 Å². The van der Waals surface area contributed by atoms with Gasteiger partial charge in [0, 0.05) is 0 Å². The number of benzene rings is 1. The van der Waals surface area contributed by atoms with Gasteiger partial charge in [0.15, 0.2) is 0 Å². The maximum Gasteiger partial charge on any atom is 0.106 e. The minimum absolute atomic E-state index is 0.118. The lowest BCUT2D eigenvalue weighted by Crippen LogP contribution is -2.31. The van der Waals surface area contributed by atoms with Crippen LogP contribution >= 0.6 is 0 Å². The Morgan fingerprint density at radius 1 is 0.864 bits per heavy atom. The van der Waals surface area contributed by atoms with Crippen LogP contribution in [0.15, 0.2) is 24.3 Å². The van der Waals surface area contributed by atoms with E-state index in [0.717, 1.165) is 13.0 Å². The van der Waals surface area contributed by atoms with E-state index in [-0.39, 0.29) is 6.10 Å². The van der Waals surface area contributed by atoms with Crippen molar-refractivity contribution in [3.63, 3.8) is 0 Å². The summed E-state index contributed by atoms with van der Waals surface area (Å²) in [5.41, 5.74) is 2.69. The third-order valence-electron chi connectivity index (χ3n) is 4.52. The molecular weight excluding hydrogens is 272 g/mol. The highest BCUT2D eigenvalue weighted by Crippen LogP contribution is 2.25. The van der Waals surface area contributed by atoms with E-state index < -0.39 is 0 Å². The van der Waals surface area contributed by atoms with Gasteiger partial charge in [0.2, 0.25) is 0 Å². The first-order valence-corrected chi connectivity index (χ1v) is 9.15. The fourth-order valence-corrected chi connectivity index (χ4v) is 3.00. The van der Waals surface area contributed by atoms with Crippen molar-refractivity contribution in [2.24, 2.45) is 0 Å². The highest BCUT2D eigenvalue weighted by atomic mass is 16.6. The van der Waals surface area contributed by atoms with Crippen molar-refractivity contribution in [3.05, 3.63) is 35.4 Å². The van der Waals surface area contributed by atoms with Crippen LogP contribution in [0.2, 0.25) is 0 Å². The molecule has 1 aliphatic rings. The van der Waals surface area contributed by atoms with Gasteiger partial charge in [-0.3, -0.25) is 0 Å². The van der Waals surface area contributed by atoms with Crippen molar-refractivity contribution >= 4 is 0 Å². The van der Waals surface area contributed by atoms with Crippen LogP contribution in [-0.4, -0.2) is 19.3 Å². The zero-order valence-electron chi connectivity index (χ0n) is 14.4. The summed E-state index contributed by atoms with van der Waals surface area (Å²) in [7, 11) is 0. The molecule has 0 amide bonds. The van der Waals surface area contributed by atoms with E-state index >= 15 is 0 Å². The zero-order chi connectivity index (χ0) is 15.6. The Hall–Kier alpha value is -0.860. The Bertz CT molecular complexity index is 391. The molecular formula is C20H32O2. The molecule has 1 heterocycles. The zero-order valence-corrected chi connectivity index (χ0v) is 14.4. The number of hydrogen-bond acceptors (Lipinski definition) is 2. The molecule has 0 N–H and O–H groups in total. The van der Waals surface area contributed by atoms with Crippen molar-refractivity contribution in [2.75, 3.05) is 13.2 Å². The van der Waals surface area contributed by atoms with Gasteiger partial charge in [0.05, 0.1) is 19.3 Å². The Morgan fingerprint density at radius 2 is 1.59 bits per heavy atom. The normalized spacial score (nSPS) is 21.9. The fourth-order valence-electron chi connectivity index (χ4n) is 3.00. The molecule has 1 saturated heterocycles. The molecule has 2 heteroatoms. The smallest absolute Gasteiger partial charge is 0.106 e. The van der Waals surface area contributed by atoms with E-state index in [2.05, 4.69) is 38.1 Å². The van der Waals surface area contributed by atoms with Crippen LogP contribution in [0.3, 0.4) is 0 Å². The van der Waals surface area contributed by atoms with Crippen LogP contribution in [0.4, 0.5) is 0 Å². The number of aryl methyl sites for hydroxylation is 1. The second-order valence-electron chi connectivity index (χ2n) is 6.47. The summed E-state index contributed by atoms with van der Waals surface area (Å²) in [6, 6.07) is 8.93. The third-order valence-corrected chi connectivity index (χ3v) is 4.52. The Labute approximate surface area is 136 Å². The van der Waals surface area contributed by atoms with Gasteiger partial charge in [-0.1, -0.05) is 70.2 Å². The molecule has 1 aliphatic heterocycles. The summed E-state index contributed by atoms with van der Waals surface area (Å²) in [6.07, 6.45) is 10.4. The summed E-state index contributed by atoms with van der Waals surface area (Å²) < 4.78 is 12.0. The molecule has 2 rings (SSSR count). The summed E-state index contributed by atoms with van der Waals surface area (Å²) in [4.78, 5) is 0. The van der Waals surface area contributed by atoms with Gasteiger partial charge in [0.1, 0.15) is 6.10 Å². The van der Waals surface area contributed by atoms with Crippen LogP contribution in [0.1, 0.15) is 76.0 Å². The van der Waals surface area contributed by atoms with Crippen molar-refractivity contribution in [3.8, 4) is 0 Å². The van der Waals surface area contributed by atoms with E-state index in [0.29, 0.717) is 12.7 Å². The summed E-state index contributed by atoms with van der Waals surface area (Å²) >= 11 is 0. The quantitative estimate of drug-likeness (QED) is 0.564. The molecule has 0 aromatic heterocycles. The average molecular weight is 304 g/mol. The Morgan fingerprint density at radius 3 is 2.23 bits per heavy atom. The Balaban J connectivity index is 1.74. The standard InChI is InChI=1S/C20H32O2/c1-3-5-7-9-17-11-13-18(14-12-17)20-16-21-19(15-22-20)10-8-6-4-2/h11-14,19-20H,3-10,15-16H2,1-2H3/t19-,20-/m0/s1. The van der Waals surface area contributed by atoms with Gasteiger partial charge < -0.3 is 9.47 Å². The van der Waals surface area contributed by atoms with Gasteiger partial charge >= 0.3 is 0 Å². The molecule has 0 radical (unpaired) electrons. The van der Waals surface area contributed by atoms with Crippen molar-refractivity contribution in [1.82, 2.24) is 0 Å². The number of hydrogen-bond donors (Lipinski definition) is 0. The molecule has 0 spiro atoms.